The summed E-state index contributed by atoms with van der Waals surface area (Å²) in [6.07, 6.45) is 12.3. The third-order valence-electron chi connectivity index (χ3n) is 3.82. The van der Waals surface area contributed by atoms with Gasteiger partial charge in [0.15, 0.2) is 0 Å². The van der Waals surface area contributed by atoms with Crippen LogP contribution in [0, 0.1) is 0 Å². The molecule has 0 aromatic rings. The molecule has 0 bridgehead atoms. The van der Waals surface area contributed by atoms with E-state index in [9.17, 15) is 0 Å². The van der Waals surface area contributed by atoms with Gasteiger partial charge in [0.25, 0.3) is 0 Å². The zero-order valence-corrected chi connectivity index (χ0v) is 14.7. The Balaban J connectivity index is 3.32. The van der Waals surface area contributed by atoms with E-state index in [0.717, 1.165) is 18.9 Å². The molecule has 20 heavy (non-hydrogen) atoms. The molecule has 0 aliphatic rings. The second-order valence-electron chi connectivity index (χ2n) is 5.30. The first-order valence-electron chi connectivity index (χ1n) is 8.01. The number of hydrogen-bond acceptors (Lipinski definition) is 4. The summed E-state index contributed by atoms with van der Waals surface area (Å²) in [6, 6.07) is 0.914. The third-order valence-corrected chi connectivity index (χ3v) is 6.66. The lowest BCUT2D eigenvalue weighted by Gasteiger charge is -2.24. The van der Waals surface area contributed by atoms with Gasteiger partial charge in [-0.1, -0.05) is 51.4 Å². The van der Waals surface area contributed by atoms with Crippen molar-refractivity contribution in [3.63, 3.8) is 0 Å². The Labute approximate surface area is 126 Å². The van der Waals surface area contributed by atoms with Gasteiger partial charge in [0.05, 0.1) is 0 Å². The van der Waals surface area contributed by atoms with Crippen LogP contribution in [-0.4, -0.2) is 41.8 Å². The van der Waals surface area contributed by atoms with E-state index in [1.807, 2.05) is 0 Å². The Morgan fingerprint density at radius 3 is 1.30 bits per heavy atom. The lowest BCUT2D eigenvalue weighted by molar-refractivity contribution is 0.122. The van der Waals surface area contributed by atoms with E-state index in [0.29, 0.717) is 6.61 Å². The molecule has 0 saturated carbocycles. The molecule has 0 aliphatic heterocycles. The summed E-state index contributed by atoms with van der Waals surface area (Å²) in [4.78, 5) is 0. The molecule has 1 N–H and O–H groups in total. The van der Waals surface area contributed by atoms with Crippen molar-refractivity contribution in [2.75, 3.05) is 27.9 Å². The third kappa shape index (κ3) is 9.88. The lowest BCUT2D eigenvalue weighted by atomic mass is 10.1. The Hall–Kier alpha value is 0.0569. The maximum Gasteiger partial charge on any atom is 0.500 e. The van der Waals surface area contributed by atoms with Gasteiger partial charge in [0, 0.05) is 34.0 Å². The van der Waals surface area contributed by atoms with Gasteiger partial charge >= 0.3 is 8.80 Å². The summed E-state index contributed by atoms with van der Waals surface area (Å²) in [5.41, 5.74) is 0. The zero-order valence-electron chi connectivity index (χ0n) is 13.7. The molecular weight excluding hydrogens is 272 g/mol. The van der Waals surface area contributed by atoms with E-state index in [4.69, 9.17) is 18.4 Å². The molecule has 122 valence electrons. The summed E-state index contributed by atoms with van der Waals surface area (Å²) < 4.78 is 16.2. The predicted octanol–water partition coefficient (Wildman–Crippen LogP) is 3.76. The van der Waals surface area contributed by atoms with Crippen molar-refractivity contribution in [1.82, 2.24) is 0 Å². The second-order valence-corrected chi connectivity index (χ2v) is 8.40. The van der Waals surface area contributed by atoms with Crippen LogP contribution >= 0.6 is 0 Å². The maximum absolute atomic E-state index is 8.68. The van der Waals surface area contributed by atoms with Crippen LogP contribution in [-0.2, 0) is 13.3 Å². The van der Waals surface area contributed by atoms with Crippen molar-refractivity contribution in [1.29, 1.82) is 0 Å². The van der Waals surface area contributed by atoms with Crippen LogP contribution in [0.2, 0.25) is 6.04 Å². The average molecular weight is 307 g/mol. The van der Waals surface area contributed by atoms with Crippen LogP contribution in [0.3, 0.4) is 0 Å². The highest BCUT2D eigenvalue weighted by molar-refractivity contribution is 6.60. The summed E-state index contributed by atoms with van der Waals surface area (Å²) in [6.45, 7) is 0.342. The maximum atomic E-state index is 8.68. The van der Waals surface area contributed by atoms with Crippen LogP contribution in [0.15, 0.2) is 0 Å². The standard InChI is InChI=1S/C15H34O4Si/c1-17-20(18-2,19-3)15-13-11-9-7-5-4-6-8-10-12-14-16/h16H,4-15H2,1-3H3. The van der Waals surface area contributed by atoms with E-state index in [1.165, 1.54) is 51.4 Å². The van der Waals surface area contributed by atoms with Crippen molar-refractivity contribution in [2.45, 2.75) is 70.3 Å². The quantitative estimate of drug-likeness (QED) is 0.370. The molecule has 0 aliphatic carbocycles. The van der Waals surface area contributed by atoms with E-state index in [2.05, 4.69) is 0 Å². The SMILES string of the molecule is CO[Si](CCCCCCCCCCCCO)(OC)OC. The number of aliphatic hydroxyl groups is 1. The molecule has 0 spiro atoms. The van der Waals surface area contributed by atoms with Crippen LogP contribution in [0.5, 0.6) is 0 Å². The van der Waals surface area contributed by atoms with E-state index in [1.54, 1.807) is 21.3 Å². The van der Waals surface area contributed by atoms with Gasteiger partial charge in [-0.15, -0.1) is 0 Å². The molecule has 0 saturated heterocycles. The molecule has 0 amide bonds. The molecule has 0 unspecified atom stereocenters. The van der Waals surface area contributed by atoms with E-state index in [-0.39, 0.29) is 0 Å². The van der Waals surface area contributed by atoms with Crippen LogP contribution in [0.4, 0.5) is 0 Å². The highest BCUT2D eigenvalue weighted by Crippen LogP contribution is 2.18. The van der Waals surface area contributed by atoms with Gasteiger partial charge < -0.3 is 18.4 Å². The number of aliphatic hydroxyl groups excluding tert-OH is 1. The number of unbranched alkanes of at least 4 members (excludes halogenated alkanes) is 9. The molecule has 0 rings (SSSR count). The Kier molecular flexibility index (Phi) is 14.1. The van der Waals surface area contributed by atoms with Gasteiger partial charge in [-0.3, -0.25) is 0 Å². The summed E-state index contributed by atoms with van der Waals surface area (Å²) >= 11 is 0. The first-order valence-corrected chi connectivity index (χ1v) is 9.94. The Bertz CT molecular complexity index is 190. The van der Waals surface area contributed by atoms with Crippen LogP contribution in [0.25, 0.3) is 0 Å². The Morgan fingerprint density at radius 2 is 0.950 bits per heavy atom. The molecular formula is C15H34O4Si. The van der Waals surface area contributed by atoms with Crippen molar-refractivity contribution in [2.24, 2.45) is 0 Å². The topological polar surface area (TPSA) is 47.9 Å². The number of hydrogen-bond donors (Lipinski definition) is 1. The molecule has 4 nitrogen and oxygen atoms in total. The van der Waals surface area contributed by atoms with Gasteiger partial charge in [0.2, 0.25) is 0 Å². The van der Waals surface area contributed by atoms with Gasteiger partial charge in [-0.05, 0) is 12.8 Å². The summed E-state index contributed by atoms with van der Waals surface area (Å²) in [5, 5.41) is 8.68. The molecule has 0 radical (unpaired) electrons. The van der Waals surface area contributed by atoms with Crippen LogP contribution in [0.1, 0.15) is 64.2 Å². The summed E-state index contributed by atoms with van der Waals surface area (Å²) in [5.74, 6) is 0. The summed E-state index contributed by atoms with van der Waals surface area (Å²) in [7, 11) is 2.70. The van der Waals surface area contributed by atoms with E-state index < -0.39 is 8.80 Å². The fourth-order valence-electron chi connectivity index (χ4n) is 2.42. The fourth-order valence-corrected chi connectivity index (χ4v) is 4.22. The second kappa shape index (κ2) is 14.0. The van der Waals surface area contributed by atoms with Gasteiger partial charge in [-0.2, -0.15) is 0 Å². The predicted molar refractivity (Wildman–Crippen MR) is 84.8 cm³/mol. The minimum Gasteiger partial charge on any atom is -0.396 e. The smallest absolute Gasteiger partial charge is 0.396 e. The molecule has 0 atom stereocenters. The highest BCUT2D eigenvalue weighted by atomic mass is 28.4. The van der Waals surface area contributed by atoms with Crippen molar-refractivity contribution >= 4 is 8.80 Å². The first kappa shape index (κ1) is 20.1. The van der Waals surface area contributed by atoms with E-state index >= 15 is 0 Å². The molecule has 0 fully saturated rings. The van der Waals surface area contributed by atoms with Crippen molar-refractivity contribution in [3.8, 4) is 0 Å². The fraction of sp³-hybridized carbons (Fsp3) is 1.00. The molecule has 0 aromatic heterocycles. The number of rotatable bonds is 15. The monoisotopic (exact) mass is 306 g/mol. The highest BCUT2D eigenvalue weighted by Gasteiger charge is 2.36. The Morgan fingerprint density at radius 1 is 0.600 bits per heavy atom. The average Bonchev–Trinajstić information content (AvgIpc) is 2.49. The minimum atomic E-state index is -2.33. The van der Waals surface area contributed by atoms with Gasteiger partial charge in [0.1, 0.15) is 0 Å². The largest absolute Gasteiger partial charge is 0.500 e. The molecule has 0 aromatic carbocycles. The zero-order chi connectivity index (χ0) is 15.1. The normalized spacial score (nSPS) is 12.0. The lowest BCUT2D eigenvalue weighted by Crippen LogP contribution is -2.42. The van der Waals surface area contributed by atoms with Gasteiger partial charge in [-0.25, -0.2) is 0 Å². The minimum absolute atomic E-state index is 0.342. The molecule has 0 heterocycles. The van der Waals surface area contributed by atoms with Crippen LogP contribution < -0.4 is 0 Å². The molecule has 5 heteroatoms. The first-order chi connectivity index (χ1) is 9.74. The van der Waals surface area contributed by atoms with Crippen molar-refractivity contribution in [3.05, 3.63) is 0 Å². The van der Waals surface area contributed by atoms with Crippen molar-refractivity contribution < 1.29 is 18.4 Å².